The number of rotatable bonds is 9. The van der Waals surface area contributed by atoms with Gasteiger partial charge in [-0.05, 0) is 54.6 Å². The van der Waals surface area contributed by atoms with Crippen molar-refractivity contribution in [1.29, 1.82) is 0 Å². The predicted molar refractivity (Wildman–Crippen MR) is 140 cm³/mol. The average molecular weight is 563 g/mol. The minimum absolute atomic E-state index is 0.145. The van der Waals surface area contributed by atoms with Crippen LogP contribution in [0.15, 0.2) is 91.3 Å². The van der Waals surface area contributed by atoms with E-state index in [1.165, 1.54) is 12.1 Å². The topological polar surface area (TPSA) is 109 Å². The minimum atomic E-state index is -4.97. The zero-order chi connectivity index (χ0) is 29.0. The van der Waals surface area contributed by atoms with Crippen LogP contribution < -0.4 is 14.2 Å². The standard InChI is InChI=1S/C29H21F3N4O5/c1-39-19-10-12-20(13-11-19)41-26-14-9-18(15-33-26)17-40-24-7-3-2-5-21(24)23-6-4-8-25(35-23)36-27(29(30,31)32)22(16-34-36)28(37)38/h2-16H,17H2,1H3,(H,37,38). The monoisotopic (exact) mass is 562 g/mol. The molecule has 0 fully saturated rings. The predicted octanol–water partition coefficient (Wildman–Crippen LogP) is 6.43. The number of para-hydroxylation sites is 1. The van der Waals surface area contributed by atoms with Crippen molar-refractivity contribution in [3.05, 3.63) is 108 Å². The summed E-state index contributed by atoms with van der Waals surface area (Å²) in [7, 11) is 1.58. The van der Waals surface area contributed by atoms with Crippen LogP contribution in [-0.4, -0.2) is 37.9 Å². The van der Waals surface area contributed by atoms with Crippen molar-refractivity contribution in [3.63, 3.8) is 0 Å². The largest absolute Gasteiger partial charge is 0.497 e. The Labute approximate surface area is 231 Å². The number of nitrogens with zero attached hydrogens (tertiary/aromatic N) is 4. The number of carboxylic acids is 1. The second-order valence-corrected chi connectivity index (χ2v) is 8.57. The lowest BCUT2D eigenvalue weighted by molar-refractivity contribution is -0.143. The van der Waals surface area contributed by atoms with Gasteiger partial charge in [-0.15, -0.1) is 0 Å². The van der Waals surface area contributed by atoms with Gasteiger partial charge in [0.2, 0.25) is 5.88 Å². The Morgan fingerprint density at radius 3 is 2.37 bits per heavy atom. The molecule has 1 N–H and O–H groups in total. The average Bonchev–Trinajstić information content (AvgIpc) is 3.44. The Morgan fingerprint density at radius 1 is 0.927 bits per heavy atom. The van der Waals surface area contributed by atoms with Gasteiger partial charge < -0.3 is 19.3 Å². The highest BCUT2D eigenvalue weighted by Crippen LogP contribution is 2.35. The van der Waals surface area contributed by atoms with E-state index < -0.39 is 23.4 Å². The number of carbonyl (C=O) groups is 1. The molecule has 3 aromatic heterocycles. The number of hydrogen-bond acceptors (Lipinski definition) is 7. The number of pyridine rings is 2. The van der Waals surface area contributed by atoms with Crippen molar-refractivity contribution in [1.82, 2.24) is 19.7 Å². The van der Waals surface area contributed by atoms with Gasteiger partial charge in [0, 0.05) is 23.4 Å². The van der Waals surface area contributed by atoms with Gasteiger partial charge in [0.25, 0.3) is 0 Å². The van der Waals surface area contributed by atoms with E-state index in [9.17, 15) is 23.1 Å². The Kier molecular flexibility index (Phi) is 7.55. The van der Waals surface area contributed by atoms with Crippen LogP contribution in [-0.2, 0) is 12.8 Å². The first kappa shape index (κ1) is 27.2. The van der Waals surface area contributed by atoms with Crippen LogP contribution in [0, 0.1) is 0 Å². The molecule has 5 aromatic rings. The molecule has 3 heterocycles. The number of halogens is 3. The van der Waals surface area contributed by atoms with E-state index in [2.05, 4.69) is 15.1 Å². The van der Waals surface area contributed by atoms with Crippen LogP contribution in [0.5, 0.6) is 23.1 Å². The molecular formula is C29H21F3N4O5. The highest BCUT2D eigenvalue weighted by atomic mass is 19.4. The molecule has 0 aliphatic heterocycles. The van der Waals surface area contributed by atoms with Gasteiger partial charge in [0.05, 0.1) is 19.0 Å². The van der Waals surface area contributed by atoms with Gasteiger partial charge in [-0.3, -0.25) is 0 Å². The number of alkyl halides is 3. The molecule has 0 unspecified atom stereocenters. The van der Waals surface area contributed by atoms with E-state index in [0.29, 0.717) is 45.3 Å². The number of aromatic nitrogens is 4. The highest BCUT2D eigenvalue weighted by Gasteiger charge is 2.41. The summed E-state index contributed by atoms with van der Waals surface area (Å²) in [5.74, 6) is 0.186. The second-order valence-electron chi connectivity index (χ2n) is 8.57. The maximum atomic E-state index is 13.7. The van der Waals surface area contributed by atoms with Gasteiger partial charge in [0.1, 0.15) is 29.4 Å². The van der Waals surface area contributed by atoms with Gasteiger partial charge in [0.15, 0.2) is 11.5 Å². The van der Waals surface area contributed by atoms with Crippen LogP contribution in [0.4, 0.5) is 13.2 Å². The number of carboxylic acid groups (broad SMARTS) is 1. The molecule has 0 aliphatic carbocycles. The van der Waals surface area contributed by atoms with Crippen molar-refractivity contribution in [3.8, 4) is 40.2 Å². The fourth-order valence-corrected chi connectivity index (χ4v) is 3.93. The van der Waals surface area contributed by atoms with E-state index in [1.54, 1.807) is 80.0 Å². The lowest BCUT2D eigenvalue weighted by atomic mass is 10.1. The van der Waals surface area contributed by atoms with E-state index in [0.717, 1.165) is 5.56 Å². The molecule has 41 heavy (non-hydrogen) atoms. The first-order chi connectivity index (χ1) is 19.7. The third-order valence-corrected chi connectivity index (χ3v) is 5.86. The highest BCUT2D eigenvalue weighted by molar-refractivity contribution is 5.89. The minimum Gasteiger partial charge on any atom is -0.497 e. The summed E-state index contributed by atoms with van der Waals surface area (Å²) < 4.78 is 58.5. The maximum Gasteiger partial charge on any atom is 0.434 e. The number of ether oxygens (including phenoxy) is 3. The van der Waals surface area contributed by atoms with Crippen molar-refractivity contribution in [2.24, 2.45) is 0 Å². The molecule has 5 rings (SSSR count). The normalized spacial score (nSPS) is 11.2. The third-order valence-electron chi connectivity index (χ3n) is 5.86. The van der Waals surface area contributed by atoms with Crippen molar-refractivity contribution < 1.29 is 37.3 Å². The molecule has 0 aliphatic rings. The quantitative estimate of drug-likeness (QED) is 0.219. The van der Waals surface area contributed by atoms with Crippen LogP contribution in [0.3, 0.4) is 0 Å². The Balaban J connectivity index is 1.34. The van der Waals surface area contributed by atoms with E-state index in [4.69, 9.17) is 14.2 Å². The molecule has 0 atom stereocenters. The molecule has 0 amide bonds. The zero-order valence-electron chi connectivity index (χ0n) is 21.4. The first-order valence-electron chi connectivity index (χ1n) is 12.1. The molecule has 208 valence electrons. The van der Waals surface area contributed by atoms with E-state index in [-0.39, 0.29) is 12.4 Å². The van der Waals surface area contributed by atoms with Gasteiger partial charge >= 0.3 is 12.1 Å². The van der Waals surface area contributed by atoms with E-state index in [1.807, 2.05) is 0 Å². The summed E-state index contributed by atoms with van der Waals surface area (Å²) in [5.41, 5.74) is -0.828. The van der Waals surface area contributed by atoms with Gasteiger partial charge in [-0.1, -0.05) is 18.2 Å². The molecule has 0 spiro atoms. The van der Waals surface area contributed by atoms with Crippen molar-refractivity contribution in [2.75, 3.05) is 7.11 Å². The molecule has 2 aromatic carbocycles. The van der Waals surface area contributed by atoms with Crippen LogP contribution in [0.25, 0.3) is 17.1 Å². The summed E-state index contributed by atoms with van der Waals surface area (Å²) in [6.45, 7) is 0.145. The van der Waals surface area contributed by atoms with Crippen molar-refractivity contribution >= 4 is 5.97 Å². The SMILES string of the molecule is COc1ccc(Oc2ccc(COc3ccccc3-c3cccc(-n4ncc(C(=O)O)c4C(F)(F)F)n3)cn2)cc1. The molecular weight excluding hydrogens is 541 g/mol. The van der Waals surface area contributed by atoms with Crippen LogP contribution in [0.1, 0.15) is 21.6 Å². The molecule has 0 bridgehead atoms. The molecule has 0 radical (unpaired) electrons. The molecule has 0 saturated carbocycles. The van der Waals surface area contributed by atoms with Gasteiger partial charge in [-0.2, -0.15) is 18.3 Å². The summed E-state index contributed by atoms with van der Waals surface area (Å²) in [6, 6.07) is 21.9. The number of hydrogen-bond donors (Lipinski definition) is 1. The maximum absolute atomic E-state index is 13.7. The Bertz CT molecular complexity index is 1670. The molecule has 0 saturated heterocycles. The lowest BCUT2D eigenvalue weighted by Gasteiger charge is -2.14. The summed E-state index contributed by atoms with van der Waals surface area (Å²) >= 11 is 0. The van der Waals surface area contributed by atoms with Crippen molar-refractivity contribution in [2.45, 2.75) is 12.8 Å². The summed E-state index contributed by atoms with van der Waals surface area (Å²) in [5, 5.41) is 12.9. The molecule has 9 nitrogen and oxygen atoms in total. The smallest absolute Gasteiger partial charge is 0.434 e. The Morgan fingerprint density at radius 2 is 1.68 bits per heavy atom. The fourth-order valence-electron chi connectivity index (χ4n) is 3.93. The third kappa shape index (κ3) is 6.11. The summed E-state index contributed by atoms with van der Waals surface area (Å²) in [6.07, 6.45) is -2.71. The zero-order valence-corrected chi connectivity index (χ0v) is 21.4. The lowest BCUT2D eigenvalue weighted by Crippen LogP contribution is -2.18. The Hall–Kier alpha value is -5.39. The molecule has 12 heteroatoms. The first-order valence-corrected chi connectivity index (χ1v) is 12.1. The number of methoxy groups -OCH3 is 1. The number of benzene rings is 2. The second kappa shape index (κ2) is 11.4. The van der Waals surface area contributed by atoms with E-state index >= 15 is 0 Å². The summed E-state index contributed by atoms with van der Waals surface area (Å²) in [4.78, 5) is 20.0. The fraction of sp³-hybridized carbons (Fsp3) is 0.103. The van der Waals surface area contributed by atoms with Crippen LogP contribution in [0.2, 0.25) is 0 Å². The van der Waals surface area contributed by atoms with Gasteiger partial charge in [-0.25, -0.2) is 19.4 Å². The number of aromatic carboxylic acids is 1. The van der Waals surface area contributed by atoms with Crippen LogP contribution >= 0.6 is 0 Å².